The highest BCUT2D eigenvalue weighted by atomic mass is 16.5. The first kappa shape index (κ1) is 13.5. The molecule has 92 valence electrons. The summed E-state index contributed by atoms with van der Waals surface area (Å²) in [5.41, 5.74) is 4.56. The van der Waals surface area contributed by atoms with Crippen LogP contribution in [0.1, 0.15) is 12.0 Å². The zero-order chi connectivity index (χ0) is 12.5. The summed E-state index contributed by atoms with van der Waals surface area (Å²) in [4.78, 5) is 0. The smallest absolute Gasteiger partial charge is 0.118 e. The van der Waals surface area contributed by atoms with Crippen LogP contribution in [-0.2, 0) is 11.3 Å². The summed E-state index contributed by atoms with van der Waals surface area (Å²) in [6.07, 6.45) is 0.663. The van der Waals surface area contributed by atoms with Gasteiger partial charge in [-0.25, -0.2) is 0 Å². The van der Waals surface area contributed by atoms with Gasteiger partial charge >= 0.3 is 0 Å². The molecule has 0 aromatic heterocycles. The highest BCUT2D eigenvalue weighted by molar-refractivity contribution is 5.26. The van der Waals surface area contributed by atoms with Gasteiger partial charge in [-0.1, -0.05) is 18.7 Å². The molecular formula is C14H18O3. The van der Waals surface area contributed by atoms with Crippen LogP contribution >= 0.6 is 0 Å². The van der Waals surface area contributed by atoms with E-state index in [9.17, 15) is 0 Å². The molecule has 3 nitrogen and oxygen atoms in total. The number of aliphatic hydroxyl groups is 1. The van der Waals surface area contributed by atoms with E-state index < -0.39 is 0 Å². The molecule has 0 heterocycles. The molecule has 1 aromatic rings. The summed E-state index contributed by atoms with van der Waals surface area (Å²) in [6.45, 7) is 4.61. The maximum Gasteiger partial charge on any atom is 0.118 e. The lowest BCUT2D eigenvalue weighted by Gasteiger charge is -2.05. The molecule has 0 saturated heterocycles. The fourth-order valence-electron chi connectivity index (χ4n) is 1.33. The van der Waals surface area contributed by atoms with Gasteiger partial charge in [0.25, 0.3) is 0 Å². The van der Waals surface area contributed by atoms with Gasteiger partial charge in [-0.05, 0) is 23.3 Å². The fraction of sp³-hybridized carbons (Fsp3) is 0.357. The molecule has 0 fully saturated rings. The van der Waals surface area contributed by atoms with Crippen molar-refractivity contribution in [2.75, 3.05) is 20.3 Å². The summed E-state index contributed by atoms with van der Waals surface area (Å²) in [6, 6.07) is 7.74. The van der Waals surface area contributed by atoms with Gasteiger partial charge in [-0.3, -0.25) is 0 Å². The van der Waals surface area contributed by atoms with Crippen LogP contribution in [0.4, 0.5) is 0 Å². The zero-order valence-electron chi connectivity index (χ0n) is 10.1. The molecule has 1 aromatic carbocycles. The molecule has 0 aliphatic carbocycles. The average molecular weight is 234 g/mol. The zero-order valence-corrected chi connectivity index (χ0v) is 10.1. The molecule has 0 unspecified atom stereocenters. The molecule has 0 radical (unpaired) electrons. The summed E-state index contributed by atoms with van der Waals surface area (Å²) in [7, 11) is 1.64. The van der Waals surface area contributed by atoms with E-state index in [1.807, 2.05) is 24.3 Å². The Kier molecular flexibility index (Phi) is 6.12. The lowest BCUT2D eigenvalue weighted by molar-refractivity contribution is 0.121. The number of rotatable bonds is 7. The molecule has 3 heteroatoms. The first-order chi connectivity index (χ1) is 8.30. The van der Waals surface area contributed by atoms with Crippen LogP contribution < -0.4 is 4.74 Å². The highest BCUT2D eigenvalue weighted by Crippen LogP contribution is 2.12. The Labute approximate surface area is 102 Å². The first-order valence-corrected chi connectivity index (χ1v) is 5.49. The van der Waals surface area contributed by atoms with Gasteiger partial charge in [0.1, 0.15) is 5.75 Å². The standard InChI is InChI=1S/C14H18O3/c1-3-12(10-15)8-9-17-11-13-4-6-14(16-2)7-5-13/h4-7,15H,1,8-11H2,2H3. The SMILES string of the molecule is C=C=C(CO)CCOCc1ccc(OC)cc1. The summed E-state index contributed by atoms with van der Waals surface area (Å²) in [5.74, 6) is 0.839. The van der Waals surface area contributed by atoms with Crippen LogP contribution in [0.5, 0.6) is 5.75 Å². The van der Waals surface area contributed by atoms with Crippen molar-refractivity contribution in [3.8, 4) is 5.75 Å². The Morgan fingerprint density at radius 2 is 2.06 bits per heavy atom. The van der Waals surface area contributed by atoms with Crippen molar-refractivity contribution in [2.45, 2.75) is 13.0 Å². The molecule has 1 N–H and O–H groups in total. The summed E-state index contributed by atoms with van der Waals surface area (Å²) >= 11 is 0. The maximum absolute atomic E-state index is 8.89. The number of methoxy groups -OCH3 is 1. The molecule has 17 heavy (non-hydrogen) atoms. The highest BCUT2D eigenvalue weighted by Gasteiger charge is 1.97. The van der Waals surface area contributed by atoms with Crippen LogP contribution in [0.25, 0.3) is 0 Å². The Bertz CT molecular complexity index is 375. The van der Waals surface area contributed by atoms with E-state index in [1.54, 1.807) is 7.11 Å². The second-order valence-corrected chi connectivity index (χ2v) is 3.59. The van der Waals surface area contributed by atoms with Crippen LogP contribution in [0.15, 0.2) is 42.1 Å². The molecule has 0 atom stereocenters. The summed E-state index contributed by atoms with van der Waals surface area (Å²) in [5, 5.41) is 8.89. The predicted molar refractivity (Wildman–Crippen MR) is 67.0 cm³/mol. The quantitative estimate of drug-likeness (QED) is 0.581. The van der Waals surface area contributed by atoms with Crippen molar-refractivity contribution < 1.29 is 14.6 Å². The maximum atomic E-state index is 8.89. The minimum Gasteiger partial charge on any atom is -0.497 e. The Hall–Kier alpha value is -1.54. The van der Waals surface area contributed by atoms with Crippen LogP contribution in [0, 0.1) is 0 Å². The van der Waals surface area contributed by atoms with Crippen molar-refractivity contribution in [2.24, 2.45) is 0 Å². The van der Waals surface area contributed by atoms with E-state index in [-0.39, 0.29) is 6.61 Å². The Balaban J connectivity index is 2.28. The van der Waals surface area contributed by atoms with Crippen molar-refractivity contribution in [3.63, 3.8) is 0 Å². The van der Waals surface area contributed by atoms with Crippen molar-refractivity contribution in [1.29, 1.82) is 0 Å². The number of aliphatic hydroxyl groups excluding tert-OH is 1. The number of hydrogen-bond donors (Lipinski definition) is 1. The molecule has 1 rings (SSSR count). The third-order valence-electron chi connectivity index (χ3n) is 2.42. The van der Waals surface area contributed by atoms with Gasteiger partial charge in [-0.15, -0.1) is 5.73 Å². The van der Waals surface area contributed by atoms with Gasteiger partial charge in [-0.2, -0.15) is 0 Å². The van der Waals surface area contributed by atoms with Gasteiger partial charge in [0, 0.05) is 6.42 Å². The number of hydrogen-bond acceptors (Lipinski definition) is 3. The molecular weight excluding hydrogens is 216 g/mol. The van der Waals surface area contributed by atoms with Crippen molar-refractivity contribution in [3.05, 3.63) is 47.7 Å². The van der Waals surface area contributed by atoms with Crippen molar-refractivity contribution in [1.82, 2.24) is 0 Å². The third-order valence-corrected chi connectivity index (χ3v) is 2.42. The molecule has 0 amide bonds. The lowest BCUT2D eigenvalue weighted by atomic mass is 10.2. The molecule has 0 aliphatic rings. The van der Waals surface area contributed by atoms with Crippen LogP contribution in [0.2, 0.25) is 0 Å². The van der Waals surface area contributed by atoms with Gasteiger partial charge in [0.15, 0.2) is 0 Å². The molecule has 0 spiro atoms. The van der Waals surface area contributed by atoms with Gasteiger partial charge in [0.05, 0.1) is 26.9 Å². The minimum absolute atomic E-state index is 0.00457. The average Bonchev–Trinajstić information content (AvgIpc) is 2.40. The molecule has 0 saturated carbocycles. The van der Waals surface area contributed by atoms with Crippen LogP contribution in [-0.4, -0.2) is 25.4 Å². The monoisotopic (exact) mass is 234 g/mol. The first-order valence-electron chi connectivity index (χ1n) is 5.49. The normalized spacial score (nSPS) is 9.76. The van der Waals surface area contributed by atoms with E-state index in [0.29, 0.717) is 19.6 Å². The largest absolute Gasteiger partial charge is 0.497 e. The van der Waals surface area contributed by atoms with Crippen LogP contribution in [0.3, 0.4) is 0 Å². The molecule has 0 aliphatic heterocycles. The summed E-state index contributed by atoms with van der Waals surface area (Å²) < 4.78 is 10.6. The van der Waals surface area contributed by atoms with Gasteiger partial charge < -0.3 is 14.6 Å². The van der Waals surface area contributed by atoms with E-state index in [0.717, 1.165) is 16.9 Å². The lowest BCUT2D eigenvalue weighted by Crippen LogP contribution is -1.99. The second kappa shape index (κ2) is 7.69. The van der Waals surface area contributed by atoms with E-state index in [4.69, 9.17) is 14.6 Å². The van der Waals surface area contributed by atoms with E-state index in [2.05, 4.69) is 12.3 Å². The van der Waals surface area contributed by atoms with E-state index >= 15 is 0 Å². The predicted octanol–water partition coefficient (Wildman–Crippen LogP) is 2.31. The Morgan fingerprint density at radius 3 is 2.59 bits per heavy atom. The van der Waals surface area contributed by atoms with Gasteiger partial charge in [0.2, 0.25) is 0 Å². The van der Waals surface area contributed by atoms with Crippen molar-refractivity contribution >= 4 is 0 Å². The fourth-order valence-corrected chi connectivity index (χ4v) is 1.33. The second-order valence-electron chi connectivity index (χ2n) is 3.59. The third kappa shape index (κ3) is 4.87. The number of ether oxygens (including phenoxy) is 2. The Morgan fingerprint density at radius 1 is 1.35 bits per heavy atom. The molecule has 0 bridgehead atoms. The minimum atomic E-state index is -0.00457. The van der Waals surface area contributed by atoms with E-state index in [1.165, 1.54) is 0 Å². The topological polar surface area (TPSA) is 38.7 Å². The number of benzene rings is 1.